The number of hydrogen-bond donors (Lipinski definition) is 2. The van der Waals surface area contributed by atoms with Gasteiger partial charge in [-0.25, -0.2) is 0 Å². The first kappa shape index (κ1) is 22.5. The van der Waals surface area contributed by atoms with Gasteiger partial charge in [-0.2, -0.15) is 0 Å². The molecular formula is C24H24N2O6. The summed E-state index contributed by atoms with van der Waals surface area (Å²) in [6.07, 6.45) is 0. The zero-order valence-electron chi connectivity index (χ0n) is 17.8. The number of hydrogen-bond acceptors (Lipinski definition) is 6. The molecule has 166 valence electrons. The number of primary amides is 1. The largest absolute Gasteiger partial charge is 0.493 e. The molecule has 0 radical (unpaired) electrons. The number of carbonyl (C=O) groups is 2. The molecule has 0 aliphatic heterocycles. The van der Waals surface area contributed by atoms with Crippen molar-refractivity contribution in [3.8, 4) is 23.0 Å². The number of anilines is 1. The Morgan fingerprint density at radius 2 is 1.53 bits per heavy atom. The van der Waals surface area contributed by atoms with Gasteiger partial charge in [0.2, 0.25) is 0 Å². The van der Waals surface area contributed by atoms with Crippen LogP contribution in [0.5, 0.6) is 23.0 Å². The van der Waals surface area contributed by atoms with E-state index in [-0.39, 0.29) is 18.3 Å². The van der Waals surface area contributed by atoms with Gasteiger partial charge in [0.25, 0.3) is 11.8 Å². The smallest absolute Gasteiger partial charge is 0.255 e. The van der Waals surface area contributed by atoms with E-state index in [1.165, 1.54) is 14.2 Å². The van der Waals surface area contributed by atoms with E-state index in [1.807, 2.05) is 30.3 Å². The van der Waals surface area contributed by atoms with Gasteiger partial charge in [0.15, 0.2) is 29.6 Å². The number of nitrogens with two attached hydrogens (primary N) is 1. The van der Waals surface area contributed by atoms with Crippen molar-refractivity contribution in [1.82, 2.24) is 0 Å². The fourth-order valence-corrected chi connectivity index (χ4v) is 2.88. The Bertz CT molecular complexity index is 1090. The maximum atomic E-state index is 12.8. The minimum atomic E-state index is -0.622. The van der Waals surface area contributed by atoms with Crippen LogP contribution in [0.15, 0.2) is 66.7 Å². The van der Waals surface area contributed by atoms with Crippen LogP contribution >= 0.6 is 0 Å². The van der Waals surface area contributed by atoms with Crippen LogP contribution in [-0.2, 0) is 11.4 Å². The van der Waals surface area contributed by atoms with Crippen molar-refractivity contribution < 1.29 is 28.5 Å². The van der Waals surface area contributed by atoms with Crippen LogP contribution in [-0.4, -0.2) is 32.6 Å². The summed E-state index contributed by atoms with van der Waals surface area (Å²) < 4.78 is 21.8. The minimum Gasteiger partial charge on any atom is -0.493 e. The lowest BCUT2D eigenvalue weighted by Gasteiger charge is -2.14. The lowest BCUT2D eigenvalue weighted by atomic mass is 10.1. The highest BCUT2D eigenvalue weighted by molar-refractivity contribution is 6.04. The molecule has 3 N–H and O–H groups in total. The van der Waals surface area contributed by atoms with E-state index in [9.17, 15) is 9.59 Å². The Kier molecular flexibility index (Phi) is 7.53. The van der Waals surface area contributed by atoms with E-state index in [2.05, 4.69) is 5.32 Å². The molecule has 0 aliphatic rings. The van der Waals surface area contributed by atoms with Crippen LogP contribution in [0, 0.1) is 0 Å². The summed E-state index contributed by atoms with van der Waals surface area (Å²) in [7, 11) is 2.98. The maximum absolute atomic E-state index is 12.8. The van der Waals surface area contributed by atoms with Crippen molar-refractivity contribution in [2.75, 3.05) is 26.1 Å². The molecule has 8 nitrogen and oxygen atoms in total. The average molecular weight is 436 g/mol. The molecule has 3 aromatic rings. The highest BCUT2D eigenvalue weighted by Crippen LogP contribution is 2.32. The first-order valence-electron chi connectivity index (χ1n) is 9.75. The first-order chi connectivity index (χ1) is 15.5. The van der Waals surface area contributed by atoms with Crippen molar-refractivity contribution in [3.63, 3.8) is 0 Å². The van der Waals surface area contributed by atoms with E-state index in [0.717, 1.165) is 5.56 Å². The zero-order valence-corrected chi connectivity index (χ0v) is 17.8. The van der Waals surface area contributed by atoms with Gasteiger partial charge in [-0.05, 0) is 35.9 Å². The summed E-state index contributed by atoms with van der Waals surface area (Å²) >= 11 is 0. The van der Waals surface area contributed by atoms with Crippen molar-refractivity contribution in [1.29, 1.82) is 0 Å². The van der Waals surface area contributed by atoms with E-state index in [4.69, 9.17) is 24.7 Å². The second-order valence-electron chi connectivity index (χ2n) is 6.71. The molecule has 8 heteroatoms. The quantitative estimate of drug-likeness (QED) is 0.504. The van der Waals surface area contributed by atoms with Crippen molar-refractivity contribution >= 4 is 17.5 Å². The molecule has 3 aromatic carbocycles. The van der Waals surface area contributed by atoms with Crippen LogP contribution in [0.25, 0.3) is 0 Å². The molecule has 0 spiro atoms. The monoisotopic (exact) mass is 436 g/mol. The standard InChI is InChI=1S/C24H24N2O6/c1-29-19-11-9-18(13-22(19)32-15-23(25)27)26-24(28)17-8-10-20(21(12-17)30-2)31-14-16-6-4-3-5-7-16/h3-13H,14-15H2,1-2H3,(H2,25,27)(H,26,28). The molecule has 0 saturated heterocycles. The predicted molar refractivity (Wildman–Crippen MR) is 119 cm³/mol. The summed E-state index contributed by atoms with van der Waals surface area (Å²) in [4.78, 5) is 23.8. The molecule has 0 bridgehead atoms. The Hall–Kier alpha value is -4.20. The summed E-state index contributed by atoms with van der Waals surface area (Å²) in [5.41, 5.74) is 6.98. The van der Waals surface area contributed by atoms with Gasteiger partial charge < -0.3 is 30.0 Å². The van der Waals surface area contributed by atoms with Crippen LogP contribution in [0.2, 0.25) is 0 Å². The average Bonchev–Trinajstić information content (AvgIpc) is 2.82. The summed E-state index contributed by atoms with van der Waals surface area (Å²) in [5, 5.41) is 2.78. The Morgan fingerprint density at radius 3 is 2.22 bits per heavy atom. The molecule has 0 saturated carbocycles. The fraction of sp³-hybridized carbons (Fsp3) is 0.167. The number of benzene rings is 3. The van der Waals surface area contributed by atoms with E-state index in [1.54, 1.807) is 36.4 Å². The van der Waals surface area contributed by atoms with Crippen LogP contribution < -0.4 is 30.0 Å². The number of rotatable bonds is 10. The Morgan fingerprint density at radius 1 is 0.812 bits per heavy atom. The highest BCUT2D eigenvalue weighted by atomic mass is 16.5. The molecular weight excluding hydrogens is 412 g/mol. The zero-order chi connectivity index (χ0) is 22.9. The molecule has 0 fully saturated rings. The fourth-order valence-electron chi connectivity index (χ4n) is 2.88. The number of amides is 2. The number of methoxy groups -OCH3 is 2. The van der Waals surface area contributed by atoms with E-state index in [0.29, 0.717) is 35.1 Å². The van der Waals surface area contributed by atoms with E-state index >= 15 is 0 Å². The van der Waals surface area contributed by atoms with Gasteiger partial charge in [0.05, 0.1) is 14.2 Å². The molecule has 2 amide bonds. The van der Waals surface area contributed by atoms with Gasteiger partial charge in [0, 0.05) is 17.3 Å². The molecule has 0 aromatic heterocycles. The highest BCUT2D eigenvalue weighted by Gasteiger charge is 2.14. The molecule has 0 atom stereocenters. The summed E-state index contributed by atoms with van der Waals surface area (Å²) in [6, 6.07) is 19.5. The first-order valence-corrected chi connectivity index (χ1v) is 9.75. The Balaban J connectivity index is 1.72. The van der Waals surface area contributed by atoms with Crippen LogP contribution in [0.4, 0.5) is 5.69 Å². The lowest BCUT2D eigenvalue weighted by Crippen LogP contribution is -2.20. The van der Waals surface area contributed by atoms with Gasteiger partial charge in [-0.3, -0.25) is 9.59 Å². The van der Waals surface area contributed by atoms with Crippen LogP contribution in [0.1, 0.15) is 15.9 Å². The normalized spacial score (nSPS) is 10.2. The molecule has 3 rings (SSSR count). The Labute approximate surface area is 185 Å². The third kappa shape index (κ3) is 5.91. The van der Waals surface area contributed by atoms with Gasteiger partial charge >= 0.3 is 0 Å². The molecule has 0 heterocycles. The SMILES string of the molecule is COc1ccc(NC(=O)c2ccc(OCc3ccccc3)c(OC)c2)cc1OCC(N)=O. The number of nitrogens with one attached hydrogen (secondary N) is 1. The third-order valence-electron chi connectivity index (χ3n) is 4.45. The number of carbonyl (C=O) groups excluding carboxylic acids is 2. The topological polar surface area (TPSA) is 109 Å². The van der Waals surface area contributed by atoms with Crippen molar-refractivity contribution in [2.24, 2.45) is 5.73 Å². The van der Waals surface area contributed by atoms with Gasteiger partial charge in [0.1, 0.15) is 6.61 Å². The van der Waals surface area contributed by atoms with Crippen molar-refractivity contribution in [2.45, 2.75) is 6.61 Å². The second-order valence-corrected chi connectivity index (χ2v) is 6.71. The summed E-state index contributed by atoms with van der Waals surface area (Å²) in [5.74, 6) is 0.678. The number of ether oxygens (including phenoxy) is 4. The predicted octanol–water partition coefficient (Wildman–Crippen LogP) is 3.40. The van der Waals surface area contributed by atoms with Gasteiger partial charge in [-0.15, -0.1) is 0 Å². The minimum absolute atomic E-state index is 0.284. The van der Waals surface area contributed by atoms with Crippen molar-refractivity contribution in [3.05, 3.63) is 77.9 Å². The third-order valence-corrected chi connectivity index (χ3v) is 4.45. The second kappa shape index (κ2) is 10.7. The molecule has 0 unspecified atom stereocenters. The van der Waals surface area contributed by atoms with Crippen LogP contribution in [0.3, 0.4) is 0 Å². The maximum Gasteiger partial charge on any atom is 0.255 e. The lowest BCUT2D eigenvalue weighted by molar-refractivity contribution is -0.119. The molecule has 0 aliphatic carbocycles. The van der Waals surface area contributed by atoms with E-state index < -0.39 is 5.91 Å². The molecule has 32 heavy (non-hydrogen) atoms. The van der Waals surface area contributed by atoms with Gasteiger partial charge in [-0.1, -0.05) is 30.3 Å². The summed E-state index contributed by atoms with van der Waals surface area (Å²) in [6.45, 7) is 0.0675.